The SMILES string of the molecule is CC1(C)/C(=C\CO)[C@H]2CC[C@H]1C2. The van der Waals surface area contributed by atoms with E-state index in [4.69, 9.17) is 5.11 Å². The summed E-state index contributed by atoms with van der Waals surface area (Å²) in [6, 6.07) is 0. The van der Waals surface area contributed by atoms with Gasteiger partial charge in [-0.05, 0) is 36.5 Å². The summed E-state index contributed by atoms with van der Waals surface area (Å²) in [7, 11) is 0. The van der Waals surface area contributed by atoms with Gasteiger partial charge in [-0.25, -0.2) is 0 Å². The molecule has 2 bridgehead atoms. The second kappa shape index (κ2) is 2.59. The van der Waals surface area contributed by atoms with E-state index in [0.29, 0.717) is 5.41 Å². The van der Waals surface area contributed by atoms with Crippen LogP contribution >= 0.6 is 0 Å². The van der Waals surface area contributed by atoms with E-state index in [0.717, 1.165) is 11.8 Å². The fraction of sp³-hybridized carbons (Fsp3) is 0.818. The summed E-state index contributed by atoms with van der Waals surface area (Å²) in [4.78, 5) is 0. The highest BCUT2D eigenvalue weighted by molar-refractivity contribution is 5.25. The van der Waals surface area contributed by atoms with Crippen LogP contribution in [0.3, 0.4) is 0 Å². The summed E-state index contributed by atoms with van der Waals surface area (Å²) in [5.41, 5.74) is 1.91. The van der Waals surface area contributed by atoms with Crippen LogP contribution in [-0.4, -0.2) is 11.7 Å². The Labute approximate surface area is 74.5 Å². The predicted molar refractivity (Wildman–Crippen MR) is 49.8 cm³/mol. The summed E-state index contributed by atoms with van der Waals surface area (Å²) in [5, 5.41) is 8.91. The van der Waals surface area contributed by atoms with Gasteiger partial charge in [-0.1, -0.05) is 25.5 Å². The zero-order valence-electron chi connectivity index (χ0n) is 8.01. The van der Waals surface area contributed by atoms with Crippen molar-refractivity contribution in [2.24, 2.45) is 17.3 Å². The molecule has 1 N–H and O–H groups in total. The molecule has 2 fully saturated rings. The summed E-state index contributed by atoms with van der Waals surface area (Å²) in [5.74, 6) is 1.69. The monoisotopic (exact) mass is 166 g/mol. The van der Waals surface area contributed by atoms with Crippen LogP contribution in [0.25, 0.3) is 0 Å². The summed E-state index contributed by atoms with van der Waals surface area (Å²) >= 11 is 0. The summed E-state index contributed by atoms with van der Waals surface area (Å²) in [6.45, 7) is 4.89. The van der Waals surface area contributed by atoms with Crippen LogP contribution in [0, 0.1) is 17.3 Å². The Morgan fingerprint density at radius 1 is 1.50 bits per heavy atom. The van der Waals surface area contributed by atoms with Crippen molar-refractivity contribution in [3.05, 3.63) is 11.6 Å². The molecule has 0 aromatic heterocycles. The van der Waals surface area contributed by atoms with E-state index in [1.54, 1.807) is 0 Å². The molecule has 0 aliphatic heterocycles. The van der Waals surface area contributed by atoms with Gasteiger partial charge in [0, 0.05) is 0 Å². The summed E-state index contributed by atoms with van der Waals surface area (Å²) < 4.78 is 0. The number of allylic oxidation sites excluding steroid dienone is 1. The number of aliphatic hydroxyl groups excluding tert-OH is 1. The first-order valence-electron chi connectivity index (χ1n) is 4.97. The Kier molecular flexibility index (Phi) is 1.80. The van der Waals surface area contributed by atoms with Gasteiger partial charge >= 0.3 is 0 Å². The van der Waals surface area contributed by atoms with Crippen LogP contribution in [0.1, 0.15) is 33.1 Å². The first-order valence-corrected chi connectivity index (χ1v) is 4.97. The van der Waals surface area contributed by atoms with Gasteiger partial charge in [-0.15, -0.1) is 0 Å². The zero-order chi connectivity index (χ0) is 8.77. The third kappa shape index (κ3) is 0.957. The number of hydrogen-bond donors (Lipinski definition) is 1. The van der Waals surface area contributed by atoms with Crippen molar-refractivity contribution < 1.29 is 5.11 Å². The van der Waals surface area contributed by atoms with Crippen LogP contribution in [0.4, 0.5) is 0 Å². The fourth-order valence-electron chi connectivity index (χ4n) is 3.21. The number of fused-ring (bicyclic) bond motifs is 2. The lowest BCUT2D eigenvalue weighted by molar-refractivity contribution is 0.280. The molecule has 0 unspecified atom stereocenters. The molecule has 0 aromatic carbocycles. The normalized spacial score (nSPS) is 41.1. The molecule has 0 aromatic rings. The number of rotatable bonds is 1. The Balaban J connectivity index is 2.29. The van der Waals surface area contributed by atoms with E-state index in [1.807, 2.05) is 6.08 Å². The first-order chi connectivity index (χ1) is 5.66. The van der Waals surface area contributed by atoms with Crippen molar-refractivity contribution in [1.82, 2.24) is 0 Å². The van der Waals surface area contributed by atoms with Crippen LogP contribution < -0.4 is 0 Å². The molecular formula is C11H18O. The van der Waals surface area contributed by atoms with E-state index >= 15 is 0 Å². The minimum Gasteiger partial charge on any atom is -0.392 e. The van der Waals surface area contributed by atoms with Gasteiger partial charge in [0.1, 0.15) is 0 Å². The van der Waals surface area contributed by atoms with Crippen molar-refractivity contribution >= 4 is 0 Å². The van der Waals surface area contributed by atoms with E-state index < -0.39 is 0 Å². The Bertz CT molecular complexity index is 215. The number of aliphatic hydroxyl groups is 1. The Morgan fingerprint density at radius 2 is 2.25 bits per heavy atom. The minimum absolute atomic E-state index is 0.224. The van der Waals surface area contributed by atoms with Gasteiger partial charge in [0.15, 0.2) is 0 Å². The standard InChI is InChI=1S/C11H18O/c1-11(2)9-4-3-8(7-9)10(11)5-6-12/h5,8-9,12H,3-4,6-7H2,1-2H3/b10-5-/t8-,9-/m0/s1. The quantitative estimate of drug-likeness (QED) is 0.593. The highest BCUT2D eigenvalue weighted by atomic mass is 16.2. The van der Waals surface area contributed by atoms with Crippen molar-refractivity contribution in [1.29, 1.82) is 0 Å². The molecule has 2 rings (SSSR count). The van der Waals surface area contributed by atoms with Crippen LogP contribution in [0.2, 0.25) is 0 Å². The van der Waals surface area contributed by atoms with E-state index in [9.17, 15) is 0 Å². The Morgan fingerprint density at radius 3 is 2.75 bits per heavy atom. The minimum atomic E-state index is 0.224. The summed E-state index contributed by atoms with van der Waals surface area (Å²) in [6.07, 6.45) is 6.18. The number of hydrogen-bond acceptors (Lipinski definition) is 1. The van der Waals surface area contributed by atoms with Gasteiger partial charge < -0.3 is 5.11 Å². The van der Waals surface area contributed by atoms with E-state index in [2.05, 4.69) is 13.8 Å². The van der Waals surface area contributed by atoms with E-state index in [1.165, 1.54) is 24.8 Å². The van der Waals surface area contributed by atoms with Crippen molar-refractivity contribution in [2.45, 2.75) is 33.1 Å². The molecular weight excluding hydrogens is 148 g/mol. The molecule has 1 heteroatoms. The third-order valence-electron chi connectivity index (χ3n) is 3.95. The maximum Gasteiger partial charge on any atom is 0.0615 e. The Hall–Kier alpha value is -0.300. The van der Waals surface area contributed by atoms with E-state index in [-0.39, 0.29) is 6.61 Å². The average molecular weight is 166 g/mol. The molecule has 1 nitrogen and oxygen atoms in total. The van der Waals surface area contributed by atoms with Gasteiger partial charge in [0.05, 0.1) is 6.61 Å². The topological polar surface area (TPSA) is 20.2 Å². The maximum atomic E-state index is 8.91. The van der Waals surface area contributed by atoms with Gasteiger partial charge in [0.25, 0.3) is 0 Å². The van der Waals surface area contributed by atoms with Crippen molar-refractivity contribution in [3.8, 4) is 0 Å². The molecule has 2 aliphatic rings. The molecule has 12 heavy (non-hydrogen) atoms. The lowest BCUT2D eigenvalue weighted by Crippen LogP contribution is -2.23. The van der Waals surface area contributed by atoms with Crippen LogP contribution in [0.5, 0.6) is 0 Å². The van der Waals surface area contributed by atoms with Crippen LogP contribution in [0.15, 0.2) is 11.6 Å². The molecule has 2 aliphatic carbocycles. The highest BCUT2D eigenvalue weighted by Crippen LogP contribution is 2.58. The largest absolute Gasteiger partial charge is 0.392 e. The first kappa shape index (κ1) is 8.31. The van der Waals surface area contributed by atoms with Gasteiger partial charge in [-0.3, -0.25) is 0 Å². The van der Waals surface area contributed by atoms with Gasteiger partial charge in [-0.2, -0.15) is 0 Å². The van der Waals surface area contributed by atoms with Crippen molar-refractivity contribution in [2.75, 3.05) is 6.61 Å². The second-order valence-electron chi connectivity index (χ2n) is 4.77. The molecule has 2 atom stereocenters. The lowest BCUT2D eigenvalue weighted by atomic mass is 9.73. The van der Waals surface area contributed by atoms with Gasteiger partial charge in [0.2, 0.25) is 0 Å². The smallest absolute Gasteiger partial charge is 0.0615 e. The molecule has 0 spiro atoms. The zero-order valence-corrected chi connectivity index (χ0v) is 8.01. The predicted octanol–water partition coefficient (Wildman–Crippen LogP) is 2.36. The molecule has 0 radical (unpaired) electrons. The molecule has 68 valence electrons. The van der Waals surface area contributed by atoms with Crippen molar-refractivity contribution in [3.63, 3.8) is 0 Å². The average Bonchev–Trinajstić information content (AvgIpc) is 2.53. The lowest BCUT2D eigenvalue weighted by Gasteiger charge is -2.32. The third-order valence-corrected chi connectivity index (χ3v) is 3.95. The van der Waals surface area contributed by atoms with Crippen LogP contribution in [-0.2, 0) is 0 Å². The fourth-order valence-corrected chi connectivity index (χ4v) is 3.21. The highest BCUT2D eigenvalue weighted by Gasteiger charge is 2.48. The molecule has 0 saturated heterocycles. The maximum absolute atomic E-state index is 8.91. The second-order valence-corrected chi connectivity index (χ2v) is 4.77. The molecule has 2 saturated carbocycles. The molecule has 0 heterocycles. The molecule has 0 amide bonds.